The third-order valence-electron chi connectivity index (χ3n) is 4.55. The SMILES string of the molecule is O=C(O)C1(CN2CC3CCC(C2)O3)CCOCC1. The second kappa shape index (κ2) is 4.79. The van der Waals surface area contributed by atoms with E-state index in [-0.39, 0.29) is 0 Å². The van der Waals surface area contributed by atoms with E-state index in [1.165, 1.54) is 0 Å². The van der Waals surface area contributed by atoms with E-state index < -0.39 is 11.4 Å². The molecule has 5 nitrogen and oxygen atoms in total. The van der Waals surface area contributed by atoms with Crippen molar-refractivity contribution in [3.63, 3.8) is 0 Å². The first kappa shape index (κ1) is 12.4. The Balaban J connectivity index is 1.67. The molecule has 1 N–H and O–H groups in total. The van der Waals surface area contributed by atoms with Crippen LogP contribution in [0.15, 0.2) is 0 Å². The second-order valence-corrected chi connectivity index (χ2v) is 5.85. The minimum atomic E-state index is -0.662. The van der Waals surface area contributed by atoms with Crippen molar-refractivity contribution in [2.45, 2.75) is 37.9 Å². The van der Waals surface area contributed by atoms with Crippen LogP contribution in [0.4, 0.5) is 0 Å². The Labute approximate surface area is 107 Å². The molecule has 3 fully saturated rings. The van der Waals surface area contributed by atoms with Crippen LogP contribution < -0.4 is 0 Å². The van der Waals surface area contributed by atoms with Gasteiger partial charge in [0.05, 0.1) is 17.6 Å². The molecule has 3 rings (SSSR count). The summed E-state index contributed by atoms with van der Waals surface area (Å²) in [5, 5.41) is 9.55. The molecule has 0 spiro atoms. The number of carboxylic acid groups (broad SMARTS) is 1. The van der Waals surface area contributed by atoms with Crippen LogP contribution in [0, 0.1) is 5.41 Å². The molecule has 0 aliphatic carbocycles. The molecule has 0 aromatic rings. The molecule has 2 unspecified atom stereocenters. The van der Waals surface area contributed by atoms with Gasteiger partial charge >= 0.3 is 5.97 Å². The first-order valence-corrected chi connectivity index (χ1v) is 6.87. The first-order chi connectivity index (χ1) is 8.68. The van der Waals surface area contributed by atoms with E-state index >= 15 is 0 Å². The average molecular weight is 255 g/mol. The monoisotopic (exact) mass is 255 g/mol. The van der Waals surface area contributed by atoms with Gasteiger partial charge in [0, 0.05) is 32.8 Å². The molecule has 0 saturated carbocycles. The average Bonchev–Trinajstić information content (AvgIpc) is 2.70. The minimum absolute atomic E-state index is 0.328. The normalized spacial score (nSPS) is 35.6. The molecule has 5 heteroatoms. The topological polar surface area (TPSA) is 59.0 Å². The highest BCUT2D eigenvalue weighted by atomic mass is 16.5. The van der Waals surface area contributed by atoms with Crippen LogP contribution in [0.2, 0.25) is 0 Å². The van der Waals surface area contributed by atoms with Crippen LogP contribution in [0.25, 0.3) is 0 Å². The van der Waals surface area contributed by atoms with Gasteiger partial charge in [0.15, 0.2) is 0 Å². The fourth-order valence-corrected chi connectivity index (χ4v) is 3.46. The smallest absolute Gasteiger partial charge is 0.311 e. The van der Waals surface area contributed by atoms with Crippen LogP contribution in [0.5, 0.6) is 0 Å². The Bertz CT molecular complexity index is 315. The van der Waals surface area contributed by atoms with Gasteiger partial charge in [-0.2, -0.15) is 0 Å². The maximum Gasteiger partial charge on any atom is 0.311 e. The molecule has 102 valence electrons. The number of aliphatic carboxylic acids is 1. The van der Waals surface area contributed by atoms with Crippen LogP contribution in [0.1, 0.15) is 25.7 Å². The van der Waals surface area contributed by atoms with Gasteiger partial charge in [-0.3, -0.25) is 9.69 Å². The van der Waals surface area contributed by atoms with Gasteiger partial charge in [-0.15, -0.1) is 0 Å². The molecule has 0 radical (unpaired) electrons. The molecule has 3 aliphatic rings. The highest BCUT2D eigenvalue weighted by molar-refractivity contribution is 5.75. The van der Waals surface area contributed by atoms with Crippen molar-refractivity contribution < 1.29 is 19.4 Å². The highest BCUT2D eigenvalue weighted by Gasteiger charge is 2.44. The molecule has 2 bridgehead atoms. The summed E-state index contributed by atoms with van der Waals surface area (Å²) < 4.78 is 11.1. The molecule has 18 heavy (non-hydrogen) atoms. The van der Waals surface area contributed by atoms with Gasteiger partial charge in [-0.1, -0.05) is 0 Å². The van der Waals surface area contributed by atoms with Gasteiger partial charge in [0.1, 0.15) is 0 Å². The van der Waals surface area contributed by atoms with Crippen molar-refractivity contribution in [1.82, 2.24) is 4.90 Å². The third kappa shape index (κ3) is 2.27. The molecule has 0 aromatic carbocycles. The molecular weight excluding hydrogens is 234 g/mol. The third-order valence-corrected chi connectivity index (χ3v) is 4.55. The summed E-state index contributed by atoms with van der Waals surface area (Å²) in [5.74, 6) is -0.662. The van der Waals surface area contributed by atoms with E-state index in [0.717, 1.165) is 25.9 Å². The van der Waals surface area contributed by atoms with Crippen molar-refractivity contribution in [3.05, 3.63) is 0 Å². The summed E-state index contributed by atoms with van der Waals surface area (Å²) in [6, 6.07) is 0. The summed E-state index contributed by atoms with van der Waals surface area (Å²) in [7, 11) is 0. The Morgan fingerprint density at radius 3 is 2.39 bits per heavy atom. The predicted molar refractivity (Wildman–Crippen MR) is 64.5 cm³/mol. The number of nitrogens with zero attached hydrogens (tertiary/aromatic N) is 1. The Hall–Kier alpha value is -0.650. The lowest BCUT2D eigenvalue weighted by molar-refractivity contribution is -0.158. The van der Waals surface area contributed by atoms with E-state index in [1.807, 2.05) is 0 Å². The largest absolute Gasteiger partial charge is 0.481 e. The van der Waals surface area contributed by atoms with Crippen LogP contribution >= 0.6 is 0 Å². The van der Waals surface area contributed by atoms with Gasteiger partial charge < -0.3 is 14.6 Å². The standard InChI is InChI=1S/C13H21NO4/c15-12(16)13(3-5-17-6-4-13)9-14-7-10-1-2-11(8-14)18-10/h10-11H,1-9H2,(H,15,16). The van der Waals surface area contributed by atoms with E-state index in [4.69, 9.17) is 9.47 Å². The number of fused-ring (bicyclic) bond motifs is 2. The summed E-state index contributed by atoms with van der Waals surface area (Å²) in [6.07, 6.45) is 4.18. The number of hydrogen-bond donors (Lipinski definition) is 1. The lowest BCUT2D eigenvalue weighted by Crippen LogP contribution is -2.51. The number of carbonyl (C=O) groups is 1. The molecule has 3 saturated heterocycles. The fraction of sp³-hybridized carbons (Fsp3) is 0.923. The zero-order chi connectivity index (χ0) is 12.6. The molecule has 0 amide bonds. The van der Waals surface area contributed by atoms with Crippen molar-refractivity contribution >= 4 is 5.97 Å². The molecule has 2 atom stereocenters. The molecule has 3 aliphatic heterocycles. The van der Waals surface area contributed by atoms with E-state index in [9.17, 15) is 9.90 Å². The fourth-order valence-electron chi connectivity index (χ4n) is 3.46. The van der Waals surface area contributed by atoms with Gasteiger partial charge in [0.25, 0.3) is 0 Å². The summed E-state index contributed by atoms with van der Waals surface area (Å²) >= 11 is 0. The number of carboxylic acids is 1. The van der Waals surface area contributed by atoms with Gasteiger partial charge in [-0.05, 0) is 25.7 Å². The summed E-state index contributed by atoms with van der Waals surface area (Å²) in [4.78, 5) is 13.9. The number of rotatable bonds is 3. The van der Waals surface area contributed by atoms with Crippen LogP contribution in [-0.4, -0.2) is 61.0 Å². The Morgan fingerprint density at radius 2 is 1.83 bits per heavy atom. The van der Waals surface area contributed by atoms with Gasteiger partial charge in [0.2, 0.25) is 0 Å². The van der Waals surface area contributed by atoms with Crippen molar-refractivity contribution in [1.29, 1.82) is 0 Å². The van der Waals surface area contributed by atoms with Gasteiger partial charge in [-0.25, -0.2) is 0 Å². The first-order valence-electron chi connectivity index (χ1n) is 6.87. The zero-order valence-corrected chi connectivity index (χ0v) is 10.6. The van der Waals surface area contributed by atoms with Crippen LogP contribution in [0.3, 0.4) is 0 Å². The maximum absolute atomic E-state index is 11.6. The number of likely N-dealkylation sites (tertiary alicyclic amines) is 1. The number of morpholine rings is 1. The Kier molecular flexibility index (Phi) is 3.30. The summed E-state index contributed by atoms with van der Waals surface area (Å²) in [5.41, 5.74) is -0.602. The maximum atomic E-state index is 11.6. The predicted octanol–water partition coefficient (Wildman–Crippen LogP) is 0.731. The second-order valence-electron chi connectivity index (χ2n) is 5.85. The van der Waals surface area contributed by atoms with Crippen molar-refractivity contribution in [2.24, 2.45) is 5.41 Å². The highest BCUT2D eigenvalue weighted by Crippen LogP contribution is 2.34. The Morgan fingerprint density at radius 1 is 1.22 bits per heavy atom. The lowest BCUT2D eigenvalue weighted by Gasteiger charge is -2.40. The van der Waals surface area contributed by atoms with Crippen molar-refractivity contribution in [3.8, 4) is 0 Å². The minimum Gasteiger partial charge on any atom is -0.481 e. The molecule has 3 heterocycles. The van der Waals surface area contributed by atoms with Crippen molar-refractivity contribution in [2.75, 3.05) is 32.8 Å². The van der Waals surface area contributed by atoms with E-state index in [2.05, 4.69) is 4.90 Å². The summed E-state index contributed by atoms with van der Waals surface area (Å²) in [6.45, 7) is 3.59. The molecular formula is C13H21NO4. The van der Waals surface area contributed by atoms with E-state index in [1.54, 1.807) is 0 Å². The van der Waals surface area contributed by atoms with Crippen LogP contribution in [-0.2, 0) is 14.3 Å². The number of ether oxygens (including phenoxy) is 2. The zero-order valence-electron chi connectivity index (χ0n) is 10.6. The van der Waals surface area contributed by atoms with E-state index in [0.29, 0.717) is 44.8 Å². The molecule has 0 aromatic heterocycles. The lowest BCUT2D eigenvalue weighted by atomic mass is 9.79. The quantitative estimate of drug-likeness (QED) is 0.805. The number of hydrogen-bond acceptors (Lipinski definition) is 4.